The zero-order valence-electron chi connectivity index (χ0n) is 6.54. The molecule has 0 saturated carbocycles. The smallest absolute Gasteiger partial charge is 0.152 e. The van der Waals surface area contributed by atoms with E-state index in [1.807, 2.05) is 6.92 Å². The molecule has 0 bridgehead atoms. The summed E-state index contributed by atoms with van der Waals surface area (Å²) in [7, 11) is -0.433. The maximum absolute atomic E-state index is 8.39. The van der Waals surface area contributed by atoms with Gasteiger partial charge in [0.2, 0.25) is 0 Å². The van der Waals surface area contributed by atoms with Crippen molar-refractivity contribution in [1.82, 2.24) is 5.32 Å². The van der Waals surface area contributed by atoms with Crippen LogP contribution in [0.3, 0.4) is 0 Å². The first kappa shape index (κ1) is 9.36. The fraction of sp³-hybridized carbons (Fsp3) is 1.00. The first-order valence-electron chi connectivity index (χ1n) is 3.70. The fourth-order valence-corrected chi connectivity index (χ4v) is 1.36. The van der Waals surface area contributed by atoms with Gasteiger partial charge < -0.3 is 19.5 Å². The van der Waals surface area contributed by atoms with Gasteiger partial charge in [-0.25, -0.2) is 0 Å². The van der Waals surface area contributed by atoms with Crippen LogP contribution in [0.5, 0.6) is 0 Å². The number of morpholine rings is 1. The SMILES string of the molecule is C[C@H]1CNC[C@@H](COPO)O1. The van der Waals surface area contributed by atoms with Crippen LogP contribution in [0.1, 0.15) is 6.92 Å². The predicted molar refractivity (Wildman–Crippen MR) is 43.7 cm³/mol. The lowest BCUT2D eigenvalue weighted by Crippen LogP contribution is -2.45. The summed E-state index contributed by atoms with van der Waals surface area (Å²) in [4.78, 5) is 8.39. The number of nitrogens with one attached hydrogen (secondary N) is 1. The molecule has 4 nitrogen and oxygen atoms in total. The van der Waals surface area contributed by atoms with Crippen molar-refractivity contribution in [3.63, 3.8) is 0 Å². The highest BCUT2D eigenvalue weighted by Gasteiger charge is 2.18. The van der Waals surface area contributed by atoms with E-state index in [0.29, 0.717) is 6.61 Å². The van der Waals surface area contributed by atoms with Gasteiger partial charge in [-0.1, -0.05) is 0 Å². The second-order valence-corrected chi connectivity index (χ2v) is 3.10. The van der Waals surface area contributed by atoms with Gasteiger partial charge in [-0.3, -0.25) is 0 Å². The van der Waals surface area contributed by atoms with Gasteiger partial charge in [0.05, 0.1) is 18.8 Å². The molecule has 0 aromatic carbocycles. The van der Waals surface area contributed by atoms with Crippen molar-refractivity contribution in [3.8, 4) is 0 Å². The summed E-state index contributed by atoms with van der Waals surface area (Å²) < 4.78 is 10.3. The standard InChI is InChI=1S/C6H14NO3P/c1-5-2-7-3-6(10-5)4-9-11-8/h5-8,11H,2-4H2,1H3/t5-,6-/m0/s1. The minimum absolute atomic E-state index is 0.0957. The van der Waals surface area contributed by atoms with Gasteiger partial charge in [0.15, 0.2) is 9.03 Å². The van der Waals surface area contributed by atoms with Gasteiger partial charge in [-0.15, -0.1) is 0 Å². The molecule has 66 valence electrons. The highest BCUT2D eigenvalue weighted by molar-refractivity contribution is 7.24. The molecule has 5 heteroatoms. The maximum Gasteiger partial charge on any atom is 0.152 e. The van der Waals surface area contributed by atoms with Crippen LogP contribution >= 0.6 is 9.03 Å². The Balaban J connectivity index is 2.12. The Morgan fingerprint density at radius 1 is 1.73 bits per heavy atom. The molecule has 1 unspecified atom stereocenters. The molecule has 2 N–H and O–H groups in total. The molecule has 0 radical (unpaired) electrons. The Morgan fingerprint density at radius 2 is 2.55 bits per heavy atom. The monoisotopic (exact) mass is 179 g/mol. The van der Waals surface area contributed by atoms with Crippen molar-refractivity contribution in [2.45, 2.75) is 19.1 Å². The molecule has 1 rings (SSSR count). The van der Waals surface area contributed by atoms with Crippen LogP contribution in [0.15, 0.2) is 0 Å². The molecular weight excluding hydrogens is 165 g/mol. The minimum Gasteiger partial charge on any atom is -0.370 e. The van der Waals surface area contributed by atoms with Crippen LogP contribution in [0.2, 0.25) is 0 Å². The summed E-state index contributed by atoms with van der Waals surface area (Å²) in [5.74, 6) is 0. The van der Waals surface area contributed by atoms with E-state index < -0.39 is 9.03 Å². The van der Waals surface area contributed by atoms with Crippen molar-refractivity contribution in [1.29, 1.82) is 0 Å². The third kappa shape index (κ3) is 3.45. The van der Waals surface area contributed by atoms with E-state index in [1.54, 1.807) is 0 Å². The van der Waals surface area contributed by atoms with E-state index in [4.69, 9.17) is 14.2 Å². The lowest BCUT2D eigenvalue weighted by molar-refractivity contribution is -0.0460. The molecule has 0 aromatic rings. The lowest BCUT2D eigenvalue weighted by Gasteiger charge is -2.28. The third-order valence-electron chi connectivity index (χ3n) is 1.56. The highest BCUT2D eigenvalue weighted by atomic mass is 31.1. The Hall–Kier alpha value is 0.270. The minimum atomic E-state index is -0.433. The Morgan fingerprint density at radius 3 is 3.18 bits per heavy atom. The van der Waals surface area contributed by atoms with Crippen LogP contribution in [0, 0.1) is 0 Å². The van der Waals surface area contributed by atoms with Gasteiger partial charge in [-0.2, -0.15) is 0 Å². The largest absolute Gasteiger partial charge is 0.370 e. The molecule has 1 heterocycles. The molecule has 1 aliphatic heterocycles. The Labute approximate surface area is 68.2 Å². The average Bonchev–Trinajstić information content (AvgIpc) is 2.01. The van der Waals surface area contributed by atoms with Crippen molar-refractivity contribution >= 4 is 9.03 Å². The molecule has 0 spiro atoms. The summed E-state index contributed by atoms with van der Waals surface area (Å²) in [6, 6.07) is 0. The zero-order valence-corrected chi connectivity index (χ0v) is 7.54. The van der Waals surface area contributed by atoms with Gasteiger partial charge in [-0.05, 0) is 6.92 Å². The van der Waals surface area contributed by atoms with Crippen LogP contribution in [-0.2, 0) is 9.26 Å². The summed E-state index contributed by atoms with van der Waals surface area (Å²) in [6.07, 6.45) is 0.345. The second-order valence-electron chi connectivity index (χ2n) is 2.63. The summed E-state index contributed by atoms with van der Waals surface area (Å²) in [6.45, 7) is 4.21. The molecule has 11 heavy (non-hydrogen) atoms. The first-order valence-corrected chi connectivity index (χ1v) is 4.55. The van der Waals surface area contributed by atoms with Crippen molar-refractivity contribution in [2.75, 3.05) is 19.7 Å². The highest BCUT2D eigenvalue weighted by Crippen LogP contribution is 2.09. The number of ether oxygens (including phenoxy) is 1. The van der Waals surface area contributed by atoms with E-state index in [9.17, 15) is 0 Å². The van der Waals surface area contributed by atoms with E-state index in [-0.39, 0.29) is 12.2 Å². The normalized spacial score (nSPS) is 33.3. The maximum atomic E-state index is 8.39. The van der Waals surface area contributed by atoms with Gasteiger partial charge in [0.25, 0.3) is 0 Å². The van der Waals surface area contributed by atoms with E-state index in [1.165, 1.54) is 0 Å². The summed E-state index contributed by atoms with van der Waals surface area (Å²) >= 11 is 0. The predicted octanol–water partition coefficient (Wildman–Crippen LogP) is -0.119. The zero-order chi connectivity index (χ0) is 8.10. The van der Waals surface area contributed by atoms with Crippen LogP contribution in [0.25, 0.3) is 0 Å². The fourth-order valence-electron chi connectivity index (χ4n) is 1.10. The Bertz CT molecular complexity index is 114. The number of rotatable bonds is 3. The van der Waals surface area contributed by atoms with Crippen LogP contribution in [0.4, 0.5) is 0 Å². The van der Waals surface area contributed by atoms with Crippen LogP contribution in [-0.4, -0.2) is 36.8 Å². The molecule has 3 atom stereocenters. The van der Waals surface area contributed by atoms with Crippen molar-refractivity contribution in [2.24, 2.45) is 0 Å². The third-order valence-corrected chi connectivity index (χ3v) is 1.86. The summed E-state index contributed by atoms with van der Waals surface area (Å²) in [5.41, 5.74) is 0. The van der Waals surface area contributed by atoms with Crippen LogP contribution < -0.4 is 5.32 Å². The molecule has 0 aromatic heterocycles. The van der Waals surface area contributed by atoms with Gasteiger partial charge in [0.1, 0.15) is 0 Å². The molecule has 1 aliphatic rings. The first-order chi connectivity index (χ1) is 5.33. The number of hydrogen-bond acceptors (Lipinski definition) is 4. The van der Waals surface area contributed by atoms with E-state index >= 15 is 0 Å². The van der Waals surface area contributed by atoms with Crippen molar-refractivity contribution < 1.29 is 14.2 Å². The average molecular weight is 179 g/mol. The molecular formula is C6H14NO3P. The molecule has 1 fully saturated rings. The van der Waals surface area contributed by atoms with Gasteiger partial charge in [0, 0.05) is 13.1 Å². The van der Waals surface area contributed by atoms with E-state index in [2.05, 4.69) is 5.32 Å². The quantitative estimate of drug-likeness (QED) is 0.593. The summed E-state index contributed by atoms with van der Waals surface area (Å²) in [5, 5.41) is 3.21. The molecule has 0 aliphatic carbocycles. The number of hydrogen-bond donors (Lipinski definition) is 2. The topological polar surface area (TPSA) is 50.7 Å². The van der Waals surface area contributed by atoms with E-state index in [0.717, 1.165) is 13.1 Å². The second kappa shape index (κ2) is 5.01. The Kier molecular flexibility index (Phi) is 4.26. The molecule has 1 saturated heterocycles. The van der Waals surface area contributed by atoms with Crippen molar-refractivity contribution in [3.05, 3.63) is 0 Å². The molecule has 0 amide bonds. The lowest BCUT2D eigenvalue weighted by atomic mass is 10.3. The van der Waals surface area contributed by atoms with Gasteiger partial charge >= 0.3 is 0 Å².